The lowest BCUT2D eigenvalue weighted by molar-refractivity contribution is -0.135. The first-order chi connectivity index (χ1) is 9.54. The lowest BCUT2D eigenvalue weighted by atomic mass is 9.98. The second-order valence-electron chi connectivity index (χ2n) is 6.01. The molecule has 0 unspecified atom stereocenters. The maximum absolute atomic E-state index is 12.5. The zero-order valence-electron chi connectivity index (χ0n) is 12.8. The molecule has 5 heteroatoms. The summed E-state index contributed by atoms with van der Waals surface area (Å²) in [7, 11) is 0. The fraction of sp³-hybridized carbons (Fsp3) is 0.867. The molecular formula is C15H26N2O2S. The van der Waals surface area contributed by atoms with Crippen molar-refractivity contribution in [2.75, 3.05) is 18.8 Å². The van der Waals surface area contributed by atoms with Gasteiger partial charge in [-0.2, -0.15) is 0 Å². The molecule has 114 valence electrons. The minimum absolute atomic E-state index is 0.130. The van der Waals surface area contributed by atoms with Gasteiger partial charge in [-0.05, 0) is 25.7 Å². The summed E-state index contributed by atoms with van der Waals surface area (Å²) in [6.07, 6.45) is 3.86. The van der Waals surface area contributed by atoms with Gasteiger partial charge >= 0.3 is 0 Å². The number of rotatable bonds is 7. The van der Waals surface area contributed by atoms with Crippen molar-refractivity contribution in [2.45, 2.75) is 58.5 Å². The molecule has 2 aliphatic rings. The number of thioether (sulfide) groups is 1. The van der Waals surface area contributed by atoms with Crippen LogP contribution in [0, 0.1) is 5.92 Å². The van der Waals surface area contributed by atoms with Crippen molar-refractivity contribution in [1.82, 2.24) is 9.80 Å². The van der Waals surface area contributed by atoms with Gasteiger partial charge in [0.1, 0.15) is 0 Å². The van der Waals surface area contributed by atoms with Gasteiger partial charge in [-0.25, -0.2) is 0 Å². The molecule has 1 heterocycles. The van der Waals surface area contributed by atoms with E-state index in [1.54, 1.807) is 0 Å². The smallest absolute Gasteiger partial charge is 0.281 e. The molecule has 1 saturated heterocycles. The van der Waals surface area contributed by atoms with Crippen LogP contribution < -0.4 is 0 Å². The number of carbonyl (C=O) groups is 2. The monoisotopic (exact) mass is 298 g/mol. The van der Waals surface area contributed by atoms with Crippen LogP contribution in [-0.2, 0) is 4.79 Å². The molecular weight excluding hydrogens is 272 g/mol. The fourth-order valence-electron chi connectivity index (χ4n) is 2.72. The first-order valence-corrected chi connectivity index (χ1v) is 8.76. The SMILES string of the molecule is CC[C@H](C)[C@@H](C)N(C(=O)CCN1CCSC1=O)C1CC1. The number of hydrogen-bond donors (Lipinski definition) is 0. The van der Waals surface area contributed by atoms with E-state index in [9.17, 15) is 9.59 Å². The van der Waals surface area contributed by atoms with Crippen LogP contribution in [0.25, 0.3) is 0 Å². The first-order valence-electron chi connectivity index (χ1n) is 7.77. The number of carbonyl (C=O) groups excluding carboxylic acids is 2. The molecule has 1 saturated carbocycles. The molecule has 4 nitrogen and oxygen atoms in total. The maximum atomic E-state index is 12.5. The summed E-state index contributed by atoms with van der Waals surface area (Å²) in [6.45, 7) is 7.94. The second-order valence-corrected chi connectivity index (χ2v) is 7.06. The van der Waals surface area contributed by atoms with Crippen LogP contribution in [0.2, 0.25) is 0 Å². The van der Waals surface area contributed by atoms with E-state index < -0.39 is 0 Å². The summed E-state index contributed by atoms with van der Waals surface area (Å²) in [4.78, 5) is 28.0. The van der Waals surface area contributed by atoms with Gasteiger partial charge in [-0.15, -0.1) is 0 Å². The van der Waals surface area contributed by atoms with Gasteiger partial charge in [0, 0.05) is 37.3 Å². The Morgan fingerprint density at radius 1 is 1.45 bits per heavy atom. The quantitative estimate of drug-likeness (QED) is 0.725. The average Bonchev–Trinajstić information content (AvgIpc) is 3.18. The summed E-state index contributed by atoms with van der Waals surface area (Å²) in [5.41, 5.74) is 0. The molecule has 20 heavy (non-hydrogen) atoms. The molecule has 1 aliphatic heterocycles. The maximum Gasteiger partial charge on any atom is 0.281 e. The van der Waals surface area contributed by atoms with Crippen LogP contribution in [0.1, 0.15) is 46.5 Å². The molecule has 0 aromatic carbocycles. The van der Waals surface area contributed by atoms with Crippen molar-refractivity contribution >= 4 is 22.9 Å². The first kappa shape index (κ1) is 15.7. The number of hydrogen-bond acceptors (Lipinski definition) is 3. The summed E-state index contributed by atoms with van der Waals surface area (Å²) in [5.74, 6) is 1.62. The van der Waals surface area contributed by atoms with Crippen LogP contribution >= 0.6 is 11.8 Å². The van der Waals surface area contributed by atoms with E-state index in [1.807, 2.05) is 4.90 Å². The highest BCUT2D eigenvalue weighted by Crippen LogP contribution is 2.32. The lowest BCUT2D eigenvalue weighted by Crippen LogP contribution is -2.44. The van der Waals surface area contributed by atoms with Gasteiger partial charge in [0.25, 0.3) is 5.24 Å². The van der Waals surface area contributed by atoms with Gasteiger partial charge in [-0.1, -0.05) is 32.0 Å². The van der Waals surface area contributed by atoms with Crippen LogP contribution in [0.4, 0.5) is 4.79 Å². The topological polar surface area (TPSA) is 40.6 Å². The van der Waals surface area contributed by atoms with Crippen molar-refractivity contribution < 1.29 is 9.59 Å². The molecule has 0 aromatic heterocycles. The summed E-state index contributed by atoms with van der Waals surface area (Å²) in [6, 6.07) is 0.763. The Kier molecular flexibility index (Phi) is 5.35. The Morgan fingerprint density at radius 3 is 2.65 bits per heavy atom. The van der Waals surface area contributed by atoms with Gasteiger partial charge in [0.05, 0.1) is 0 Å². The third kappa shape index (κ3) is 3.68. The largest absolute Gasteiger partial charge is 0.337 e. The number of amides is 2. The highest BCUT2D eigenvalue weighted by atomic mass is 32.2. The summed E-state index contributed by atoms with van der Waals surface area (Å²) < 4.78 is 0. The Bertz CT molecular complexity index is 371. The highest BCUT2D eigenvalue weighted by molar-refractivity contribution is 8.13. The van der Waals surface area contributed by atoms with Crippen LogP contribution in [0.15, 0.2) is 0 Å². The Morgan fingerprint density at radius 2 is 2.15 bits per heavy atom. The molecule has 1 aliphatic carbocycles. The normalized spacial score (nSPS) is 21.9. The van der Waals surface area contributed by atoms with E-state index >= 15 is 0 Å². The minimum atomic E-state index is 0.130. The predicted molar refractivity (Wildman–Crippen MR) is 82.8 cm³/mol. The molecule has 2 amide bonds. The van der Waals surface area contributed by atoms with Gasteiger partial charge in [0.2, 0.25) is 5.91 Å². The van der Waals surface area contributed by atoms with E-state index in [4.69, 9.17) is 0 Å². The van der Waals surface area contributed by atoms with E-state index in [2.05, 4.69) is 25.7 Å². The standard InChI is InChI=1S/C15H26N2O2S/c1-4-11(2)12(3)17(13-5-6-13)14(18)7-8-16-9-10-20-15(16)19/h11-13H,4-10H2,1-3H3/t11-,12+/m0/s1. The third-order valence-corrected chi connectivity index (χ3v) is 5.47. The summed E-state index contributed by atoms with van der Waals surface area (Å²) in [5, 5.41) is 0.130. The molecule has 0 N–H and O–H groups in total. The van der Waals surface area contributed by atoms with Gasteiger partial charge in [-0.3, -0.25) is 9.59 Å². The molecule has 0 spiro atoms. The van der Waals surface area contributed by atoms with Crippen LogP contribution in [0.3, 0.4) is 0 Å². The van der Waals surface area contributed by atoms with Crippen LogP contribution in [0.5, 0.6) is 0 Å². The second kappa shape index (κ2) is 6.83. The van der Waals surface area contributed by atoms with Crippen molar-refractivity contribution in [3.63, 3.8) is 0 Å². The Hall–Kier alpha value is -0.710. The predicted octanol–water partition coefficient (Wildman–Crippen LogP) is 2.97. The minimum Gasteiger partial charge on any atom is -0.337 e. The third-order valence-electron chi connectivity index (χ3n) is 4.58. The van der Waals surface area contributed by atoms with Crippen molar-refractivity contribution in [3.05, 3.63) is 0 Å². The van der Waals surface area contributed by atoms with E-state index in [1.165, 1.54) is 11.8 Å². The van der Waals surface area contributed by atoms with Crippen LogP contribution in [-0.4, -0.2) is 51.9 Å². The van der Waals surface area contributed by atoms with E-state index in [-0.39, 0.29) is 11.1 Å². The van der Waals surface area contributed by atoms with Crippen molar-refractivity contribution in [2.24, 2.45) is 5.92 Å². The molecule has 0 radical (unpaired) electrons. The molecule has 2 atom stereocenters. The Labute approximate surface area is 126 Å². The molecule has 0 bridgehead atoms. The summed E-state index contributed by atoms with van der Waals surface area (Å²) >= 11 is 1.36. The zero-order chi connectivity index (χ0) is 14.7. The van der Waals surface area contributed by atoms with Crippen molar-refractivity contribution in [1.29, 1.82) is 0 Å². The molecule has 2 rings (SSSR count). The zero-order valence-corrected chi connectivity index (χ0v) is 13.6. The highest BCUT2D eigenvalue weighted by Gasteiger charge is 2.37. The fourth-order valence-corrected chi connectivity index (χ4v) is 3.57. The van der Waals surface area contributed by atoms with Crippen molar-refractivity contribution in [3.8, 4) is 0 Å². The van der Waals surface area contributed by atoms with Gasteiger partial charge in [0.15, 0.2) is 0 Å². The molecule has 2 fully saturated rings. The van der Waals surface area contributed by atoms with E-state index in [0.717, 1.165) is 31.6 Å². The van der Waals surface area contributed by atoms with Gasteiger partial charge < -0.3 is 9.80 Å². The van der Waals surface area contributed by atoms with E-state index in [0.29, 0.717) is 31.0 Å². The molecule has 0 aromatic rings. The Balaban J connectivity index is 1.88. The lowest BCUT2D eigenvalue weighted by Gasteiger charge is -2.33. The average molecular weight is 298 g/mol. The number of nitrogens with zero attached hydrogens (tertiary/aromatic N) is 2.